The Morgan fingerprint density at radius 1 is 0.892 bits per heavy atom. The normalized spacial score (nSPS) is 15.5. The number of nitrogens with two attached hydrogens (primary N) is 1. The minimum absolute atomic E-state index is 0.0459. The summed E-state index contributed by atoms with van der Waals surface area (Å²) in [5, 5.41) is 9.26. The van der Waals surface area contributed by atoms with E-state index in [1.165, 1.54) is 19.3 Å². The van der Waals surface area contributed by atoms with Crippen molar-refractivity contribution in [2.24, 2.45) is 11.7 Å². The topological polar surface area (TPSA) is 101 Å². The number of hydrogen-bond donors (Lipinski definition) is 4. The van der Waals surface area contributed by atoms with Crippen LogP contribution in [0.3, 0.4) is 0 Å². The first-order chi connectivity index (χ1) is 18.1. The monoisotopic (exact) mass is 501 g/mol. The van der Waals surface area contributed by atoms with E-state index < -0.39 is 6.04 Å². The van der Waals surface area contributed by atoms with Crippen molar-refractivity contribution in [3.05, 3.63) is 89.7 Å². The number of nitrogens with one attached hydrogen (secondary N) is 3. The maximum Gasteiger partial charge on any atom is 0.244 e. The summed E-state index contributed by atoms with van der Waals surface area (Å²) in [5.74, 6) is 0.0958. The lowest BCUT2D eigenvalue weighted by atomic mass is 9.76. The fourth-order valence-electron chi connectivity index (χ4n) is 5.38. The van der Waals surface area contributed by atoms with E-state index in [-0.39, 0.29) is 24.3 Å². The van der Waals surface area contributed by atoms with E-state index in [4.69, 9.17) is 5.73 Å². The Hall–Kier alpha value is -3.58. The van der Waals surface area contributed by atoms with Gasteiger partial charge in [-0.2, -0.15) is 0 Å². The summed E-state index contributed by atoms with van der Waals surface area (Å²) in [5.41, 5.74) is 10.0. The highest BCUT2D eigenvalue weighted by Gasteiger charge is 2.31. The maximum atomic E-state index is 13.5. The van der Waals surface area contributed by atoms with E-state index in [0.29, 0.717) is 19.0 Å². The van der Waals surface area contributed by atoms with Gasteiger partial charge < -0.3 is 26.3 Å². The third-order valence-corrected chi connectivity index (χ3v) is 7.44. The molecule has 37 heavy (non-hydrogen) atoms. The molecule has 0 radical (unpaired) electrons. The van der Waals surface area contributed by atoms with Gasteiger partial charge in [-0.05, 0) is 54.2 Å². The molecular formula is C30H39N5O2. The lowest BCUT2D eigenvalue weighted by Gasteiger charge is -2.30. The van der Waals surface area contributed by atoms with Crippen LogP contribution >= 0.6 is 0 Å². The molecule has 2 aromatic carbocycles. The van der Waals surface area contributed by atoms with Crippen LogP contribution in [0.2, 0.25) is 0 Å². The van der Waals surface area contributed by atoms with Crippen molar-refractivity contribution in [2.45, 2.75) is 57.2 Å². The summed E-state index contributed by atoms with van der Waals surface area (Å²) in [6.07, 6.45) is 7.62. The predicted molar refractivity (Wildman–Crippen MR) is 148 cm³/mol. The van der Waals surface area contributed by atoms with Gasteiger partial charge in [-0.25, -0.2) is 0 Å². The van der Waals surface area contributed by atoms with Crippen LogP contribution in [0, 0.1) is 5.92 Å². The molecule has 0 aliphatic heterocycles. The highest BCUT2D eigenvalue weighted by atomic mass is 16.2. The quantitative estimate of drug-likeness (QED) is 0.314. The first-order valence-corrected chi connectivity index (χ1v) is 13.3. The fraction of sp³-hybridized carbons (Fsp3) is 0.400. The van der Waals surface area contributed by atoms with Crippen molar-refractivity contribution in [1.82, 2.24) is 15.2 Å². The molecule has 1 unspecified atom stereocenters. The molecule has 0 bridgehead atoms. The van der Waals surface area contributed by atoms with Crippen LogP contribution in [0.25, 0.3) is 0 Å². The number of amides is 2. The zero-order chi connectivity index (χ0) is 26.0. The molecule has 1 heterocycles. The molecule has 196 valence electrons. The summed E-state index contributed by atoms with van der Waals surface area (Å²) in [4.78, 5) is 26.5. The average molecular weight is 502 g/mol. The summed E-state index contributed by atoms with van der Waals surface area (Å²) in [6, 6.07) is 21.3. The fourth-order valence-corrected chi connectivity index (χ4v) is 5.38. The molecule has 7 nitrogen and oxygen atoms in total. The molecule has 2 amide bonds. The second-order valence-corrected chi connectivity index (χ2v) is 9.83. The van der Waals surface area contributed by atoms with Crippen molar-refractivity contribution >= 4 is 17.5 Å². The van der Waals surface area contributed by atoms with E-state index in [1.807, 2.05) is 72.4 Å². The standard InChI is InChI=1S/C30H39N5O2/c1-32-25-16-14-22(15-17-25)20-33-29(36)27(19-31)35-18-8-13-26(35)21-34-30(37)28(23-9-4-2-5-10-23)24-11-6-3-7-12-24/h2,4-5,8-10,13-18,24,27-28,32H,3,6-7,11-12,19-21,31H2,1H3,(H,33,36)(H,34,37)/t27-,28?/m1/s1. The molecule has 1 saturated carbocycles. The van der Waals surface area contributed by atoms with Gasteiger partial charge in [-0.15, -0.1) is 0 Å². The Morgan fingerprint density at radius 2 is 1.59 bits per heavy atom. The Labute approximate surface area is 219 Å². The van der Waals surface area contributed by atoms with Crippen LogP contribution in [0.4, 0.5) is 5.69 Å². The minimum Gasteiger partial charge on any atom is -0.388 e. The Bertz CT molecular complexity index is 1140. The molecule has 2 atom stereocenters. The molecule has 1 aromatic heterocycles. The highest BCUT2D eigenvalue weighted by Crippen LogP contribution is 2.36. The zero-order valence-corrected chi connectivity index (χ0v) is 21.7. The van der Waals surface area contributed by atoms with Crippen molar-refractivity contribution in [3.63, 3.8) is 0 Å². The lowest BCUT2D eigenvalue weighted by molar-refractivity contribution is -0.124. The van der Waals surface area contributed by atoms with Crippen LogP contribution in [-0.2, 0) is 22.7 Å². The largest absolute Gasteiger partial charge is 0.388 e. The molecule has 0 saturated heterocycles. The number of aromatic nitrogens is 1. The number of carbonyl (C=O) groups is 2. The average Bonchev–Trinajstić information content (AvgIpc) is 3.41. The van der Waals surface area contributed by atoms with Gasteiger partial charge in [0, 0.05) is 37.7 Å². The van der Waals surface area contributed by atoms with Crippen molar-refractivity contribution < 1.29 is 9.59 Å². The second kappa shape index (κ2) is 13.1. The molecule has 0 spiro atoms. The number of anilines is 1. The van der Waals surface area contributed by atoms with Crippen LogP contribution in [-0.4, -0.2) is 30.0 Å². The van der Waals surface area contributed by atoms with Gasteiger partial charge in [0.1, 0.15) is 6.04 Å². The number of rotatable bonds is 11. The van der Waals surface area contributed by atoms with E-state index in [2.05, 4.69) is 28.1 Å². The van der Waals surface area contributed by atoms with E-state index >= 15 is 0 Å². The Balaban J connectivity index is 1.40. The van der Waals surface area contributed by atoms with Crippen molar-refractivity contribution in [1.29, 1.82) is 0 Å². The van der Waals surface area contributed by atoms with Gasteiger partial charge in [0.15, 0.2) is 0 Å². The molecule has 1 aliphatic carbocycles. The van der Waals surface area contributed by atoms with Crippen molar-refractivity contribution in [3.8, 4) is 0 Å². The van der Waals surface area contributed by atoms with Crippen LogP contribution < -0.4 is 21.7 Å². The first kappa shape index (κ1) is 26.5. The summed E-state index contributed by atoms with van der Waals surface area (Å²) >= 11 is 0. The predicted octanol–water partition coefficient (Wildman–Crippen LogP) is 4.33. The zero-order valence-electron chi connectivity index (χ0n) is 21.7. The van der Waals surface area contributed by atoms with Gasteiger partial charge in [0.05, 0.1) is 12.5 Å². The smallest absolute Gasteiger partial charge is 0.244 e. The van der Waals surface area contributed by atoms with Gasteiger partial charge in [-0.1, -0.05) is 61.7 Å². The number of hydrogen-bond acceptors (Lipinski definition) is 4. The van der Waals surface area contributed by atoms with Gasteiger partial charge in [0.2, 0.25) is 11.8 Å². The van der Waals surface area contributed by atoms with Gasteiger partial charge >= 0.3 is 0 Å². The van der Waals surface area contributed by atoms with E-state index in [0.717, 1.165) is 35.3 Å². The Kier molecular flexibility index (Phi) is 9.38. The molecule has 1 fully saturated rings. The molecule has 3 aromatic rings. The summed E-state index contributed by atoms with van der Waals surface area (Å²) in [7, 11) is 1.87. The summed E-state index contributed by atoms with van der Waals surface area (Å²) < 4.78 is 1.87. The molecule has 5 N–H and O–H groups in total. The van der Waals surface area contributed by atoms with Crippen molar-refractivity contribution in [2.75, 3.05) is 18.9 Å². The molecule has 1 aliphatic rings. The van der Waals surface area contributed by atoms with Gasteiger partial charge in [-0.3, -0.25) is 9.59 Å². The third-order valence-electron chi connectivity index (χ3n) is 7.44. The number of benzene rings is 2. The highest BCUT2D eigenvalue weighted by molar-refractivity contribution is 5.84. The summed E-state index contributed by atoms with van der Waals surface area (Å²) in [6.45, 7) is 0.929. The second-order valence-electron chi connectivity index (χ2n) is 9.83. The first-order valence-electron chi connectivity index (χ1n) is 13.3. The van der Waals surface area contributed by atoms with E-state index in [9.17, 15) is 9.59 Å². The van der Waals surface area contributed by atoms with E-state index in [1.54, 1.807) is 0 Å². The number of carbonyl (C=O) groups excluding carboxylic acids is 2. The number of nitrogens with zero attached hydrogens (tertiary/aromatic N) is 1. The molecular weight excluding hydrogens is 462 g/mol. The lowest BCUT2D eigenvalue weighted by Crippen LogP contribution is -2.38. The molecule has 4 rings (SSSR count). The maximum absolute atomic E-state index is 13.5. The minimum atomic E-state index is -0.554. The third kappa shape index (κ3) is 6.80. The Morgan fingerprint density at radius 3 is 2.27 bits per heavy atom. The van der Waals surface area contributed by atoms with Crippen LogP contribution in [0.15, 0.2) is 72.9 Å². The van der Waals surface area contributed by atoms with Crippen LogP contribution in [0.5, 0.6) is 0 Å². The SMILES string of the molecule is CNc1ccc(CNC(=O)[C@@H](CN)n2cccc2CNC(=O)C(c2ccccc2)C2CCCCC2)cc1. The van der Waals surface area contributed by atoms with Gasteiger partial charge in [0.25, 0.3) is 0 Å². The van der Waals surface area contributed by atoms with Crippen LogP contribution in [0.1, 0.15) is 60.9 Å². The molecule has 7 heteroatoms.